The third kappa shape index (κ3) is 68.4. The van der Waals surface area contributed by atoms with Crippen LogP contribution >= 0.6 is 15.6 Å². The van der Waals surface area contributed by atoms with Crippen LogP contribution < -0.4 is 0 Å². The van der Waals surface area contributed by atoms with Gasteiger partial charge in [-0.25, -0.2) is 9.13 Å². The molecule has 0 amide bonds. The Balaban J connectivity index is 5.05. The van der Waals surface area contributed by atoms with Crippen molar-refractivity contribution < 1.29 is 80.2 Å². The van der Waals surface area contributed by atoms with Crippen molar-refractivity contribution in [1.82, 2.24) is 0 Å². The molecule has 0 bridgehead atoms. The van der Waals surface area contributed by atoms with Gasteiger partial charge in [-0.05, 0) is 25.7 Å². The molecule has 0 radical (unpaired) electrons. The molecule has 0 spiro atoms. The molecule has 552 valence electrons. The smallest absolute Gasteiger partial charge is 0.462 e. The van der Waals surface area contributed by atoms with Crippen molar-refractivity contribution in [3.8, 4) is 0 Å². The van der Waals surface area contributed by atoms with E-state index < -0.39 is 97.5 Å². The van der Waals surface area contributed by atoms with Crippen molar-refractivity contribution in [2.24, 2.45) is 0 Å². The standard InChI is InChI=1S/C74H144O17P2/c1-5-9-13-17-20-22-24-26-28-30-32-34-36-38-40-42-44-46-49-53-57-61-74(79)91-70(65-85-72(77)59-55-51-48-45-43-41-39-37-35-33-31-29-27-25-23-21-18-14-10-6-2)67-89-93(82,83)87-63-68(75)62-86-92(80,81)88-66-69(64-84-71(76)58-54-50-16-12-8-4)90-73(78)60-56-52-47-19-15-11-7-3/h68-70,75H,5-67H2,1-4H3,(H,80,81)(H,82,83)/t68-,69+,70+/m0/s1. The largest absolute Gasteiger partial charge is 0.472 e. The molecule has 0 aromatic heterocycles. The van der Waals surface area contributed by atoms with E-state index in [1.807, 2.05) is 0 Å². The summed E-state index contributed by atoms with van der Waals surface area (Å²) in [4.78, 5) is 72.2. The van der Waals surface area contributed by atoms with Crippen LogP contribution in [-0.4, -0.2) is 96.7 Å². The number of unbranched alkanes of at least 4 members (excludes halogenated alkanes) is 49. The van der Waals surface area contributed by atoms with E-state index in [1.54, 1.807) is 0 Å². The molecule has 0 aliphatic carbocycles. The van der Waals surface area contributed by atoms with Crippen LogP contribution in [0.5, 0.6) is 0 Å². The van der Waals surface area contributed by atoms with Gasteiger partial charge in [-0.15, -0.1) is 0 Å². The van der Waals surface area contributed by atoms with Crippen molar-refractivity contribution in [2.45, 2.75) is 412 Å². The molecule has 17 nitrogen and oxygen atoms in total. The number of phosphoric ester groups is 2. The van der Waals surface area contributed by atoms with Crippen LogP contribution in [0.3, 0.4) is 0 Å². The highest BCUT2D eigenvalue weighted by atomic mass is 31.2. The highest BCUT2D eigenvalue weighted by Crippen LogP contribution is 2.45. The zero-order valence-electron chi connectivity index (χ0n) is 60.2. The minimum atomic E-state index is -4.95. The molecule has 0 aliphatic heterocycles. The molecule has 0 aromatic rings. The monoisotopic (exact) mass is 1370 g/mol. The SMILES string of the molecule is CCCCCCCCCCCCCCCCCCCCCCCC(=O)O[C@H](COC(=O)CCCCCCCCCCCCCCCCCCCCCC)COP(=O)(O)OC[C@@H](O)COP(=O)(O)OC[C@@H](COC(=O)CCCCCCC)OC(=O)CCCCCCCCC. The summed E-state index contributed by atoms with van der Waals surface area (Å²) in [6.45, 7) is 4.83. The third-order valence-corrected chi connectivity index (χ3v) is 19.3. The van der Waals surface area contributed by atoms with Gasteiger partial charge in [0.2, 0.25) is 0 Å². The Morgan fingerprint density at radius 2 is 0.430 bits per heavy atom. The van der Waals surface area contributed by atoms with E-state index in [9.17, 15) is 43.2 Å². The Kier molecular flexibility index (Phi) is 67.1. The highest BCUT2D eigenvalue weighted by molar-refractivity contribution is 7.47. The summed E-state index contributed by atoms with van der Waals surface area (Å²) in [5, 5.41) is 10.6. The fourth-order valence-electron chi connectivity index (χ4n) is 11.4. The lowest BCUT2D eigenvalue weighted by molar-refractivity contribution is -0.161. The summed E-state index contributed by atoms with van der Waals surface area (Å²) >= 11 is 0. The predicted octanol–water partition coefficient (Wildman–Crippen LogP) is 21.8. The number of carbonyl (C=O) groups is 4. The van der Waals surface area contributed by atoms with E-state index in [2.05, 4.69) is 27.7 Å². The van der Waals surface area contributed by atoms with E-state index >= 15 is 0 Å². The van der Waals surface area contributed by atoms with Crippen LogP contribution in [0.4, 0.5) is 0 Å². The minimum Gasteiger partial charge on any atom is -0.462 e. The molecule has 0 aromatic carbocycles. The van der Waals surface area contributed by atoms with E-state index in [-0.39, 0.29) is 25.7 Å². The highest BCUT2D eigenvalue weighted by Gasteiger charge is 2.30. The maximum atomic E-state index is 13.1. The van der Waals surface area contributed by atoms with E-state index in [0.29, 0.717) is 25.7 Å². The second-order valence-corrected chi connectivity index (χ2v) is 29.6. The number of aliphatic hydroxyl groups excluding tert-OH is 1. The van der Waals surface area contributed by atoms with Crippen molar-refractivity contribution in [1.29, 1.82) is 0 Å². The summed E-state index contributed by atoms with van der Waals surface area (Å²) in [6, 6.07) is 0. The number of carbonyl (C=O) groups excluding carboxylic acids is 4. The maximum Gasteiger partial charge on any atom is 0.472 e. The number of ether oxygens (including phenoxy) is 4. The first-order chi connectivity index (χ1) is 45.2. The van der Waals surface area contributed by atoms with Gasteiger partial charge in [0.05, 0.1) is 26.4 Å². The molecule has 0 saturated heterocycles. The van der Waals surface area contributed by atoms with Gasteiger partial charge in [0.1, 0.15) is 19.3 Å². The maximum absolute atomic E-state index is 13.1. The third-order valence-electron chi connectivity index (χ3n) is 17.4. The Hall–Kier alpha value is -1.94. The van der Waals surface area contributed by atoms with Crippen LogP contribution in [0.15, 0.2) is 0 Å². The molecular weight excluding hydrogens is 1220 g/mol. The summed E-state index contributed by atoms with van der Waals surface area (Å²) in [5.41, 5.74) is 0. The van der Waals surface area contributed by atoms with Crippen LogP contribution in [-0.2, 0) is 65.4 Å². The first-order valence-corrected chi connectivity index (χ1v) is 41.8. The molecule has 5 atom stereocenters. The van der Waals surface area contributed by atoms with E-state index in [4.69, 9.17) is 37.0 Å². The summed E-state index contributed by atoms with van der Waals surface area (Å²) in [5.74, 6) is -2.13. The van der Waals surface area contributed by atoms with Crippen molar-refractivity contribution >= 4 is 39.5 Å². The molecule has 93 heavy (non-hydrogen) atoms. The number of rotatable bonds is 75. The Bertz CT molecular complexity index is 1770. The van der Waals surface area contributed by atoms with Gasteiger partial charge in [-0.2, -0.15) is 0 Å². The molecule has 0 aliphatic rings. The molecule has 19 heteroatoms. The Morgan fingerprint density at radius 1 is 0.258 bits per heavy atom. The zero-order valence-corrected chi connectivity index (χ0v) is 62.0. The van der Waals surface area contributed by atoms with E-state index in [0.717, 1.165) is 109 Å². The lowest BCUT2D eigenvalue weighted by Crippen LogP contribution is -2.30. The number of hydrogen-bond donors (Lipinski definition) is 3. The minimum absolute atomic E-state index is 0.103. The lowest BCUT2D eigenvalue weighted by atomic mass is 10.0. The van der Waals surface area contributed by atoms with Gasteiger partial charge in [-0.1, -0.05) is 342 Å². The van der Waals surface area contributed by atoms with Gasteiger partial charge in [-0.3, -0.25) is 37.3 Å². The van der Waals surface area contributed by atoms with E-state index in [1.165, 1.54) is 205 Å². The molecule has 3 N–H and O–H groups in total. The molecule has 0 heterocycles. The van der Waals surface area contributed by atoms with Crippen LogP contribution in [0.2, 0.25) is 0 Å². The molecule has 0 fully saturated rings. The topological polar surface area (TPSA) is 237 Å². The van der Waals surface area contributed by atoms with Gasteiger partial charge < -0.3 is 33.8 Å². The van der Waals surface area contributed by atoms with Gasteiger partial charge >= 0.3 is 39.5 Å². The fraction of sp³-hybridized carbons (Fsp3) is 0.946. The summed E-state index contributed by atoms with van der Waals surface area (Å²) < 4.78 is 68.0. The molecular formula is C74H144O17P2. The second-order valence-electron chi connectivity index (χ2n) is 26.7. The van der Waals surface area contributed by atoms with Crippen molar-refractivity contribution in [3.05, 3.63) is 0 Å². The number of phosphoric acid groups is 2. The number of aliphatic hydroxyl groups is 1. The quantitative estimate of drug-likeness (QED) is 0.0222. The second kappa shape index (κ2) is 68.6. The number of esters is 4. The number of hydrogen-bond acceptors (Lipinski definition) is 15. The normalized spacial score (nSPS) is 13.9. The van der Waals surface area contributed by atoms with Gasteiger partial charge in [0.15, 0.2) is 12.2 Å². The molecule has 2 unspecified atom stereocenters. The van der Waals surface area contributed by atoms with Crippen LogP contribution in [0.1, 0.15) is 394 Å². The van der Waals surface area contributed by atoms with Crippen molar-refractivity contribution in [2.75, 3.05) is 39.6 Å². The van der Waals surface area contributed by atoms with Gasteiger partial charge in [0, 0.05) is 25.7 Å². The molecule has 0 rings (SSSR count). The first kappa shape index (κ1) is 91.1. The summed E-state index contributed by atoms with van der Waals surface area (Å²) in [7, 11) is -9.89. The lowest BCUT2D eigenvalue weighted by Gasteiger charge is -2.21. The van der Waals surface area contributed by atoms with Crippen molar-refractivity contribution in [3.63, 3.8) is 0 Å². The van der Waals surface area contributed by atoms with Gasteiger partial charge in [0.25, 0.3) is 0 Å². The Morgan fingerprint density at radius 3 is 0.634 bits per heavy atom. The fourth-order valence-corrected chi connectivity index (χ4v) is 13.0. The average Bonchev–Trinajstić information content (AvgIpc) is 3.65. The zero-order chi connectivity index (χ0) is 68.2. The molecule has 0 saturated carbocycles. The van der Waals surface area contributed by atoms with Crippen LogP contribution in [0.25, 0.3) is 0 Å². The Labute approximate surface area is 568 Å². The summed E-state index contributed by atoms with van der Waals surface area (Å²) in [6.07, 6.45) is 59.2. The van der Waals surface area contributed by atoms with Crippen LogP contribution in [0, 0.1) is 0 Å². The predicted molar refractivity (Wildman–Crippen MR) is 377 cm³/mol. The average molecular weight is 1370 g/mol. The first-order valence-electron chi connectivity index (χ1n) is 38.8.